The summed E-state index contributed by atoms with van der Waals surface area (Å²) in [7, 11) is 0. The Balaban J connectivity index is 2.04. The fourth-order valence-electron chi connectivity index (χ4n) is 2.12. The molecule has 6 heteroatoms. The summed E-state index contributed by atoms with van der Waals surface area (Å²) in [4.78, 5) is 22.8. The molecule has 1 rings (SSSR count). The Kier molecular flexibility index (Phi) is 7.05. The highest BCUT2D eigenvalue weighted by atomic mass is 16.6. The van der Waals surface area contributed by atoms with Gasteiger partial charge in [0.15, 0.2) is 0 Å². The number of rotatable bonds is 5. The van der Waals surface area contributed by atoms with E-state index in [2.05, 4.69) is 16.0 Å². The predicted molar refractivity (Wildman–Crippen MR) is 81.9 cm³/mol. The smallest absolute Gasteiger partial charge is 0.407 e. The maximum absolute atomic E-state index is 11.5. The van der Waals surface area contributed by atoms with Gasteiger partial charge in [0.1, 0.15) is 5.60 Å². The van der Waals surface area contributed by atoms with Crippen molar-refractivity contribution in [1.29, 1.82) is 0 Å². The lowest BCUT2D eigenvalue weighted by atomic mass is 10.1. The first-order chi connectivity index (χ1) is 9.87. The summed E-state index contributed by atoms with van der Waals surface area (Å²) in [5.74, 6) is 0.596. The Morgan fingerprint density at radius 2 is 1.76 bits per heavy atom. The minimum absolute atomic E-state index is 0.268. The van der Waals surface area contributed by atoms with Crippen molar-refractivity contribution in [3.05, 3.63) is 12.3 Å². The Labute approximate surface area is 126 Å². The molecule has 1 fully saturated rings. The van der Waals surface area contributed by atoms with E-state index in [4.69, 9.17) is 4.74 Å². The first-order valence-corrected chi connectivity index (χ1v) is 7.55. The van der Waals surface area contributed by atoms with Crippen LogP contribution >= 0.6 is 0 Å². The monoisotopic (exact) mass is 297 g/mol. The normalized spacial score (nSPS) is 16.0. The number of allylic oxidation sites excluding steroid dienone is 1. The number of hydrogen-bond donors (Lipinski definition) is 3. The van der Waals surface area contributed by atoms with Crippen molar-refractivity contribution < 1.29 is 14.3 Å². The van der Waals surface area contributed by atoms with Gasteiger partial charge in [0, 0.05) is 19.3 Å². The second kappa shape index (κ2) is 8.54. The second-order valence-electron chi connectivity index (χ2n) is 6.23. The molecule has 1 aliphatic rings. The van der Waals surface area contributed by atoms with Gasteiger partial charge in [-0.1, -0.05) is 18.9 Å². The van der Waals surface area contributed by atoms with E-state index in [-0.39, 0.29) is 6.03 Å². The first-order valence-electron chi connectivity index (χ1n) is 7.55. The number of ether oxygens (including phenoxy) is 1. The zero-order valence-electron chi connectivity index (χ0n) is 13.2. The molecule has 0 aromatic carbocycles. The van der Waals surface area contributed by atoms with Gasteiger partial charge in [-0.15, -0.1) is 0 Å². The van der Waals surface area contributed by atoms with Gasteiger partial charge in [0.2, 0.25) is 0 Å². The molecule has 1 saturated carbocycles. The Morgan fingerprint density at radius 3 is 2.38 bits per heavy atom. The lowest BCUT2D eigenvalue weighted by molar-refractivity contribution is 0.0528. The molecule has 3 amide bonds. The van der Waals surface area contributed by atoms with Gasteiger partial charge in [0.25, 0.3) is 0 Å². The molecule has 0 aliphatic heterocycles. The average Bonchev–Trinajstić information content (AvgIpc) is 2.85. The van der Waals surface area contributed by atoms with Gasteiger partial charge in [-0.05, 0) is 39.5 Å². The topological polar surface area (TPSA) is 79.5 Å². The van der Waals surface area contributed by atoms with Gasteiger partial charge in [-0.3, -0.25) is 0 Å². The van der Waals surface area contributed by atoms with Crippen LogP contribution in [0.25, 0.3) is 0 Å². The van der Waals surface area contributed by atoms with Crippen molar-refractivity contribution in [2.24, 2.45) is 5.92 Å². The zero-order valence-corrected chi connectivity index (χ0v) is 13.2. The van der Waals surface area contributed by atoms with Crippen LogP contribution in [0.1, 0.15) is 46.5 Å². The lowest BCUT2D eigenvalue weighted by Gasteiger charge is -2.19. The van der Waals surface area contributed by atoms with Gasteiger partial charge in [-0.2, -0.15) is 0 Å². The SMILES string of the molecule is CC(C)(C)OC(=O)NCCNC(=O)N/C=C/C1CCCC1. The van der Waals surface area contributed by atoms with Crippen molar-refractivity contribution >= 4 is 12.1 Å². The van der Waals surface area contributed by atoms with Crippen LogP contribution in [-0.4, -0.2) is 30.8 Å². The molecule has 0 atom stereocenters. The van der Waals surface area contributed by atoms with Crippen LogP contribution in [-0.2, 0) is 4.74 Å². The van der Waals surface area contributed by atoms with E-state index >= 15 is 0 Å². The number of amides is 3. The molecule has 0 aromatic heterocycles. The van der Waals surface area contributed by atoms with E-state index in [0.29, 0.717) is 19.0 Å². The molecule has 0 bridgehead atoms. The van der Waals surface area contributed by atoms with Crippen LogP contribution in [0, 0.1) is 5.92 Å². The van der Waals surface area contributed by atoms with Crippen molar-refractivity contribution in [3.63, 3.8) is 0 Å². The second-order valence-corrected chi connectivity index (χ2v) is 6.23. The zero-order chi connectivity index (χ0) is 15.7. The first kappa shape index (κ1) is 17.3. The van der Waals surface area contributed by atoms with Crippen LogP contribution in [0.15, 0.2) is 12.3 Å². The Morgan fingerprint density at radius 1 is 1.14 bits per heavy atom. The summed E-state index contributed by atoms with van der Waals surface area (Å²) in [5.41, 5.74) is -0.514. The molecule has 6 nitrogen and oxygen atoms in total. The summed E-state index contributed by atoms with van der Waals surface area (Å²) >= 11 is 0. The molecule has 1 aliphatic carbocycles. The molecule has 0 radical (unpaired) electrons. The maximum Gasteiger partial charge on any atom is 0.407 e. The largest absolute Gasteiger partial charge is 0.444 e. The quantitative estimate of drug-likeness (QED) is 0.682. The molecule has 3 N–H and O–H groups in total. The fourth-order valence-corrected chi connectivity index (χ4v) is 2.12. The summed E-state index contributed by atoms with van der Waals surface area (Å²) in [6.07, 6.45) is 8.23. The van der Waals surface area contributed by atoms with Gasteiger partial charge in [0.05, 0.1) is 0 Å². The third kappa shape index (κ3) is 8.94. The standard InChI is InChI=1S/C15H27N3O3/c1-15(2,3)21-14(20)18-11-10-17-13(19)16-9-8-12-6-4-5-7-12/h8-9,12H,4-7,10-11H2,1-3H3,(H,18,20)(H2,16,17,19)/b9-8+. The molecular weight excluding hydrogens is 270 g/mol. The number of urea groups is 1. The van der Waals surface area contributed by atoms with Crippen LogP contribution in [0.3, 0.4) is 0 Å². The molecule has 120 valence electrons. The van der Waals surface area contributed by atoms with Crippen LogP contribution in [0.5, 0.6) is 0 Å². The number of alkyl carbamates (subject to hydrolysis) is 1. The number of hydrogen-bond acceptors (Lipinski definition) is 3. The molecular formula is C15H27N3O3. The van der Waals surface area contributed by atoms with Crippen molar-refractivity contribution in [3.8, 4) is 0 Å². The highest BCUT2D eigenvalue weighted by Crippen LogP contribution is 2.25. The highest BCUT2D eigenvalue weighted by molar-refractivity contribution is 5.75. The van der Waals surface area contributed by atoms with E-state index < -0.39 is 11.7 Å². The summed E-state index contributed by atoms with van der Waals surface area (Å²) in [6, 6.07) is -0.268. The fraction of sp³-hybridized carbons (Fsp3) is 0.733. The van der Waals surface area contributed by atoms with Crippen molar-refractivity contribution in [2.75, 3.05) is 13.1 Å². The lowest BCUT2D eigenvalue weighted by Crippen LogP contribution is -2.40. The summed E-state index contributed by atoms with van der Waals surface area (Å²) in [6.45, 7) is 6.08. The van der Waals surface area contributed by atoms with Gasteiger partial charge >= 0.3 is 12.1 Å². The van der Waals surface area contributed by atoms with Gasteiger partial charge < -0.3 is 20.7 Å². The van der Waals surface area contributed by atoms with E-state index in [0.717, 1.165) is 0 Å². The molecule has 0 unspecified atom stereocenters. The molecule has 0 aromatic rings. The van der Waals surface area contributed by atoms with E-state index in [1.165, 1.54) is 25.7 Å². The highest BCUT2D eigenvalue weighted by Gasteiger charge is 2.15. The van der Waals surface area contributed by atoms with E-state index in [1.54, 1.807) is 27.0 Å². The summed E-state index contributed by atoms with van der Waals surface area (Å²) in [5, 5.41) is 7.89. The van der Waals surface area contributed by atoms with Gasteiger partial charge in [-0.25, -0.2) is 9.59 Å². The van der Waals surface area contributed by atoms with E-state index in [1.807, 2.05) is 6.08 Å². The third-order valence-electron chi connectivity index (χ3n) is 3.06. The Bertz CT molecular complexity index is 369. The van der Waals surface area contributed by atoms with E-state index in [9.17, 15) is 9.59 Å². The summed E-state index contributed by atoms with van der Waals surface area (Å²) < 4.78 is 5.08. The minimum atomic E-state index is -0.514. The predicted octanol–water partition coefficient (Wildman–Crippen LogP) is 2.51. The van der Waals surface area contributed by atoms with Crippen LogP contribution in [0.2, 0.25) is 0 Å². The third-order valence-corrected chi connectivity index (χ3v) is 3.06. The minimum Gasteiger partial charge on any atom is -0.444 e. The van der Waals surface area contributed by atoms with Crippen LogP contribution in [0.4, 0.5) is 9.59 Å². The molecule has 0 spiro atoms. The van der Waals surface area contributed by atoms with Crippen molar-refractivity contribution in [1.82, 2.24) is 16.0 Å². The molecule has 0 saturated heterocycles. The number of nitrogens with one attached hydrogen (secondary N) is 3. The number of carbonyl (C=O) groups excluding carboxylic acids is 2. The van der Waals surface area contributed by atoms with Crippen LogP contribution < -0.4 is 16.0 Å². The molecule has 0 heterocycles. The maximum atomic E-state index is 11.5. The Hall–Kier alpha value is -1.72. The molecule has 21 heavy (non-hydrogen) atoms. The number of carbonyl (C=O) groups is 2. The average molecular weight is 297 g/mol. The van der Waals surface area contributed by atoms with Crippen molar-refractivity contribution in [2.45, 2.75) is 52.1 Å².